The van der Waals surface area contributed by atoms with Crippen LogP contribution in [0.15, 0.2) is 0 Å². The van der Waals surface area contributed by atoms with Gasteiger partial charge in [-0.2, -0.15) is 0 Å². The van der Waals surface area contributed by atoms with Crippen LogP contribution in [0.5, 0.6) is 0 Å². The summed E-state index contributed by atoms with van der Waals surface area (Å²) in [6.45, 7) is 13.9. The van der Waals surface area contributed by atoms with Crippen molar-refractivity contribution in [2.75, 3.05) is 39.6 Å². The van der Waals surface area contributed by atoms with E-state index >= 15 is 0 Å². The van der Waals surface area contributed by atoms with Gasteiger partial charge < -0.3 is 33.8 Å². The van der Waals surface area contributed by atoms with E-state index in [1.807, 2.05) is 0 Å². The molecule has 0 radical (unpaired) electrons. The van der Waals surface area contributed by atoms with Crippen molar-refractivity contribution in [2.24, 2.45) is 23.7 Å². The minimum absolute atomic E-state index is 0.101. The van der Waals surface area contributed by atoms with Crippen molar-refractivity contribution in [3.63, 3.8) is 0 Å². The maximum absolute atomic E-state index is 13.0. The van der Waals surface area contributed by atoms with Crippen LogP contribution in [0.1, 0.15) is 312 Å². The van der Waals surface area contributed by atoms with Gasteiger partial charge in [0.15, 0.2) is 12.2 Å². The van der Waals surface area contributed by atoms with Gasteiger partial charge >= 0.3 is 39.5 Å². The average molecular weight is 1240 g/mol. The van der Waals surface area contributed by atoms with Crippen molar-refractivity contribution < 1.29 is 80.2 Å². The van der Waals surface area contributed by atoms with Crippen molar-refractivity contribution in [3.05, 3.63) is 0 Å². The molecule has 0 aliphatic carbocycles. The van der Waals surface area contributed by atoms with E-state index in [9.17, 15) is 43.2 Å². The van der Waals surface area contributed by atoms with Gasteiger partial charge in [-0.1, -0.05) is 261 Å². The van der Waals surface area contributed by atoms with Gasteiger partial charge in [-0.3, -0.25) is 37.3 Å². The number of aliphatic hydroxyl groups is 1. The Morgan fingerprint density at radius 1 is 0.333 bits per heavy atom. The van der Waals surface area contributed by atoms with Crippen LogP contribution in [-0.2, 0) is 65.4 Å². The first-order chi connectivity index (χ1) is 40.1. The first-order valence-corrected chi connectivity index (χ1v) is 36.7. The summed E-state index contributed by atoms with van der Waals surface area (Å²) in [5.41, 5.74) is 0. The lowest BCUT2D eigenvalue weighted by Gasteiger charge is -2.21. The highest BCUT2D eigenvalue weighted by Gasteiger charge is 2.30. The average Bonchev–Trinajstić information content (AvgIpc) is 3.58. The standard InChI is InChI=1S/C65H126O17P2/c1-9-58(8)44-36-28-19-12-10-11-13-21-31-39-47-64(69)81-60(51-75-62(67)45-37-29-20-15-14-17-25-33-41-55(2)3)53-79-83(71,72)77-49-59(66)50-78-84(73,74)80-54-61(82-65(70)48-40-32-24-23-27-35-43-57(6)7)52-76-63(68)46-38-30-22-16-18-26-34-42-56(4)5/h55-61,66H,9-54H2,1-8H3,(H,71,72)(H,73,74)/t58?,59?,60-,61-/m1/s1. The van der Waals surface area contributed by atoms with Crippen molar-refractivity contribution in [1.82, 2.24) is 0 Å². The van der Waals surface area contributed by atoms with Gasteiger partial charge in [-0.25, -0.2) is 9.13 Å². The Morgan fingerprint density at radius 3 is 0.845 bits per heavy atom. The first kappa shape index (κ1) is 82.1. The second-order valence-electron chi connectivity index (χ2n) is 25.2. The number of esters is 4. The fourth-order valence-electron chi connectivity index (χ4n) is 9.57. The molecule has 0 amide bonds. The van der Waals surface area contributed by atoms with Crippen LogP contribution in [-0.4, -0.2) is 96.7 Å². The molecule has 6 atom stereocenters. The number of ether oxygens (including phenoxy) is 4. The molecule has 0 spiro atoms. The van der Waals surface area contributed by atoms with Crippen LogP contribution >= 0.6 is 15.6 Å². The van der Waals surface area contributed by atoms with E-state index in [0.717, 1.165) is 108 Å². The number of phosphoric ester groups is 2. The second-order valence-corrected chi connectivity index (χ2v) is 28.1. The van der Waals surface area contributed by atoms with Gasteiger partial charge in [0.05, 0.1) is 26.4 Å². The van der Waals surface area contributed by atoms with Gasteiger partial charge in [0.25, 0.3) is 0 Å². The Hall–Kier alpha value is -1.94. The lowest BCUT2D eigenvalue weighted by Crippen LogP contribution is -2.30. The summed E-state index contributed by atoms with van der Waals surface area (Å²) in [4.78, 5) is 72.2. The lowest BCUT2D eigenvalue weighted by atomic mass is 9.99. The number of carbonyl (C=O) groups excluding carboxylic acids is 4. The molecule has 498 valence electrons. The first-order valence-electron chi connectivity index (χ1n) is 33.7. The van der Waals surface area contributed by atoms with E-state index in [0.29, 0.717) is 37.5 Å². The topological polar surface area (TPSA) is 237 Å². The molecule has 17 nitrogen and oxygen atoms in total. The molecule has 0 aromatic heterocycles. The highest BCUT2D eigenvalue weighted by Crippen LogP contribution is 2.45. The zero-order valence-electron chi connectivity index (χ0n) is 54.5. The maximum Gasteiger partial charge on any atom is 0.472 e. The Kier molecular flexibility index (Phi) is 53.9. The molecule has 84 heavy (non-hydrogen) atoms. The minimum atomic E-state index is -4.95. The van der Waals surface area contributed by atoms with E-state index in [1.54, 1.807) is 0 Å². The summed E-state index contributed by atoms with van der Waals surface area (Å²) in [5, 5.41) is 10.5. The largest absolute Gasteiger partial charge is 0.472 e. The second kappa shape index (κ2) is 55.2. The fraction of sp³-hybridized carbons (Fsp3) is 0.938. The van der Waals surface area contributed by atoms with E-state index in [2.05, 4.69) is 55.4 Å². The summed E-state index contributed by atoms with van der Waals surface area (Å²) in [6.07, 6.45) is 35.0. The number of unbranched alkanes of at least 4 members (excludes halogenated alkanes) is 27. The van der Waals surface area contributed by atoms with Gasteiger partial charge in [0.1, 0.15) is 19.3 Å². The minimum Gasteiger partial charge on any atom is -0.462 e. The molecule has 0 aromatic rings. The SMILES string of the molecule is CCC(C)CCCCCCCCCCCCC(=O)O[C@H](COC(=O)CCCCCCCCCCC(C)C)COP(=O)(O)OCC(O)COP(=O)(O)OC[C@@H](COC(=O)CCCCCCCCCC(C)C)OC(=O)CCCCCCCCC(C)C. The van der Waals surface area contributed by atoms with Crippen LogP contribution in [0.3, 0.4) is 0 Å². The number of rotatable bonds is 62. The van der Waals surface area contributed by atoms with Crippen LogP contribution in [0, 0.1) is 23.7 Å². The highest BCUT2D eigenvalue weighted by atomic mass is 31.2. The van der Waals surface area contributed by atoms with Gasteiger partial charge in [-0.15, -0.1) is 0 Å². The zero-order chi connectivity index (χ0) is 62.5. The molecule has 0 aliphatic rings. The monoisotopic (exact) mass is 1240 g/mol. The van der Waals surface area contributed by atoms with Crippen LogP contribution in [0.4, 0.5) is 0 Å². The summed E-state index contributed by atoms with van der Waals surface area (Å²) >= 11 is 0. The smallest absolute Gasteiger partial charge is 0.462 e. The molecule has 0 aromatic carbocycles. The van der Waals surface area contributed by atoms with E-state index in [4.69, 9.17) is 37.0 Å². The molecular weight excluding hydrogens is 1110 g/mol. The van der Waals surface area contributed by atoms with Crippen LogP contribution in [0.2, 0.25) is 0 Å². The van der Waals surface area contributed by atoms with Crippen molar-refractivity contribution in [3.8, 4) is 0 Å². The number of phosphoric acid groups is 2. The number of hydrogen-bond donors (Lipinski definition) is 3. The van der Waals surface area contributed by atoms with Crippen LogP contribution in [0.25, 0.3) is 0 Å². The molecule has 0 bridgehead atoms. The van der Waals surface area contributed by atoms with Gasteiger partial charge in [0.2, 0.25) is 0 Å². The predicted octanol–water partition coefficient (Wildman–Crippen LogP) is 17.8. The third-order valence-electron chi connectivity index (χ3n) is 15.2. The Balaban J connectivity index is 5.25. The van der Waals surface area contributed by atoms with Gasteiger partial charge in [-0.05, 0) is 49.4 Å². The van der Waals surface area contributed by atoms with Crippen molar-refractivity contribution in [1.29, 1.82) is 0 Å². The zero-order valence-corrected chi connectivity index (χ0v) is 56.3. The third-order valence-corrected chi connectivity index (χ3v) is 17.1. The van der Waals surface area contributed by atoms with Gasteiger partial charge in [0, 0.05) is 25.7 Å². The van der Waals surface area contributed by atoms with E-state index in [-0.39, 0.29) is 25.7 Å². The summed E-state index contributed by atoms with van der Waals surface area (Å²) in [7, 11) is -9.89. The molecule has 4 unspecified atom stereocenters. The molecule has 0 saturated heterocycles. The molecule has 0 fully saturated rings. The molecule has 3 N–H and O–H groups in total. The van der Waals surface area contributed by atoms with Crippen LogP contribution < -0.4 is 0 Å². The quantitative estimate of drug-likeness (QED) is 0.0222. The van der Waals surface area contributed by atoms with E-state index in [1.165, 1.54) is 109 Å². The lowest BCUT2D eigenvalue weighted by molar-refractivity contribution is -0.161. The number of aliphatic hydroxyl groups excluding tert-OH is 1. The molecule has 0 rings (SSSR count). The molecular formula is C65H126O17P2. The molecule has 19 heteroatoms. The highest BCUT2D eigenvalue weighted by molar-refractivity contribution is 7.47. The third kappa shape index (κ3) is 57.8. The molecule has 0 heterocycles. The normalized spacial score (nSPS) is 14.7. The molecule has 0 aliphatic heterocycles. The Bertz CT molecular complexity index is 1680. The molecule has 0 saturated carbocycles. The summed E-state index contributed by atoms with van der Waals surface area (Å²) < 4.78 is 68.0. The fourth-order valence-corrected chi connectivity index (χ4v) is 11.2. The summed E-state index contributed by atoms with van der Waals surface area (Å²) in [6, 6.07) is 0. The summed E-state index contributed by atoms with van der Waals surface area (Å²) in [5.74, 6) is 0.762. The predicted molar refractivity (Wildman–Crippen MR) is 335 cm³/mol. The van der Waals surface area contributed by atoms with Crippen molar-refractivity contribution >= 4 is 39.5 Å². The Morgan fingerprint density at radius 2 is 0.571 bits per heavy atom. The van der Waals surface area contributed by atoms with E-state index < -0.39 is 97.5 Å². The number of carbonyl (C=O) groups is 4. The van der Waals surface area contributed by atoms with Crippen molar-refractivity contribution in [2.45, 2.75) is 331 Å². The maximum atomic E-state index is 13.0. The number of hydrogen-bond acceptors (Lipinski definition) is 15. The Labute approximate surface area is 511 Å².